The van der Waals surface area contributed by atoms with Gasteiger partial charge in [-0.1, -0.05) is 54.6 Å². The van der Waals surface area contributed by atoms with Gasteiger partial charge in [-0.2, -0.15) is 0 Å². The fourth-order valence-corrected chi connectivity index (χ4v) is 2.82. The number of imidazole rings is 1. The highest BCUT2D eigenvalue weighted by atomic mass is 16.6. The molecule has 25 heavy (non-hydrogen) atoms. The van der Waals surface area contributed by atoms with Crippen LogP contribution in [-0.4, -0.2) is 20.5 Å². The first-order valence-electron chi connectivity index (χ1n) is 8.11. The Bertz CT molecular complexity index is 857. The van der Waals surface area contributed by atoms with E-state index in [1.54, 1.807) is 11.6 Å². The number of aryl methyl sites for hydroxylation is 1. The average molecular weight is 336 g/mol. The molecule has 3 rings (SSSR count). The second kappa shape index (κ2) is 7.17. The van der Waals surface area contributed by atoms with Gasteiger partial charge in [0.1, 0.15) is 0 Å². The Morgan fingerprint density at radius 2 is 1.76 bits per heavy atom. The first-order chi connectivity index (χ1) is 12.0. The van der Waals surface area contributed by atoms with Crippen molar-refractivity contribution in [2.24, 2.45) is 7.05 Å². The molecule has 2 aromatic carbocycles. The number of nitrogens with one attached hydrogen (secondary N) is 1. The van der Waals surface area contributed by atoms with Crippen LogP contribution in [-0.2, 0) is 13.5 Å². The number of nitro groups is 1. The molecule has 0 aliphatic heterocycles. The van der Waals surface area contributed by atoms with Crippen molar-refractivity contribution in [3.8, 4) is 11.1 Å². The van der Waals surface area contributed by atoms with E-state index < -0.39 is 4.92 Å². The molecule has 3 aromatic rings. The molecule has 0 fully saturated rings. The van der Waals surface area contributed by atoms with Crippen molar-refractivity contribution in [1.29, 1.82) is 0 Å². The van der Waals surface area contributed by atoms with E-state index in [4.69, 9.17) is 0 Å². The second-order valence-corrected chi connectivity index (χ2v) is 6.10. The number of rotatable bonds is 6. The number of nitrogens with zero attached hydrogens (tertiary/aromatic N) is 3. The van der Waals surface area contributed by atoms with Gasteiger partial charge < -0.3 is 15.4 Å². The molecule has 1 heterocycles. The molecule has 6 heteroatoms. The van der Waals surface area contributed by atoms with Crippen molar-refractivity contribution >= 4 is 11.6 Å². The van der Waals surface area contributed by atoms with E-state index in [0.717, 1.165) is 6.42 Å². The van der Waals surface area contributed by atoms with Gasteiger partial charge in [0.15, 0.2) is 0 Å². The molecule has 6 nitrogen and oxygen atoms in total. The predicted octanol–water partition coefficient (Wildman–Crippen LogP) is 4.04. The lowest BCUT2D eigenvalue weighted by atomic mass is 10.0. The quantitative estimate of drug-likeness (QED) is 0.545. The topological polar surface area (TPSA) is 73.0 Å². The molecule has 0 saturated carbocycles. The van der Waals surface area contributed by atoms with Crippen molar-refractivity contribution in [2.75, 3.05) is 5.32 Å². The van der Waals surface area contributed by atoms with Crippen molar-refractivity contribution < 1.29 is 4.92 Å². The average Bonchev–Trinajstić information content (AvgIpc) is 2.97. The highest BCUT2D eigenvalue weighted by Crippen LogP contribution is 2.23. The Labute approximate surface area is 146 Å². The normalized spacial score (nSPS) is 11.9. The maximum absolute atomic E-state index is 11.0. The van der Waals surface area contributed by atoms with Crippen LogP contribution in [0.3, 0.4) is 0 Å². The third-order valence-electron chi connectivity index (χ3n) is 4.08. The predicted molar refractivity (Wildman–Crippen MR) is 98.5 cm³/mol. The van der Waals surface area contributed by atoms with Crippen LogP contribution in [0.4, 0.5) is 11.6 Å². The number of benzene rings is 2. The molecule has 128 valence electrons. The van der Waals surface area contributed by atoms with Gasteiger partial charge in [-0.25, -0.2) is 0 Å². The summed E-state index contributed by atoms with van der Waals surface area (Å²) in [6.07, 6.45) is 2.21. The maximum atomic E-state index is 11.0. The van der Waals surface area contributed by atoms with Crippen LogP contribution in [0.25, 0.3) is 11.1 Å². The monoisotopic (exact) mass is 336 g/mol. The van der Waals surface area contributed by atoms with E-state index >= 15 is 0 Å². The Morgan fingerprint density at radius 1 is 1.12 bits per heavy atom. The highest BCUT2D eigenvalue weighted by Gasteiger charge is 2.21. The molecular weight excluding hydrogens is 316 g/mol. The fourth-order valence-electron chi connectivity index (χ4n) is 2.82. The van der Waals surface area contributed by atoms with Crippen LogP contribution in [0.15, 0.2) is 60.9 Å². The molecule has 0 aliphatic carbocycles. The molecule has 0 spiro atoms. The summed E-state index contributed by atoms with van der Waals surface area (Å²) in [5.74, 6) is 0.284. The number of hydrogen-bond acceptors (Lipinski definition) is 4. The van der Waals surface area contributed by atoms with Gasteiger partial charge in [-0.3, -0.25) is 4.57 Å². The zero-order valence-electron chi connectivity index (χ0n) is 14.2. The van der Waals surface area contributed by atoms with Gasteiger partial charge in [-0.05, 0) is 39.9 Å². The summed E-state index contributed by atoms with van der Waals surface area (Å²) in [7, 11) is 1.74. The van der Waals surface area contributed by atoms with E-state index in [0.29, 0.717) is 5.82 Å². The first-order valence-corrected chi connectivity index (χ1v) is 8.11. The van der Waals surface area contributed by atoms with Crippen molar-refractivity contribution in [2.45, 2.75) is 19.4 Å². The lowest BCUT2D eigenvalue weighted by molar-refractivity contribution is -0.388. The molecule has 0 unspecified atom stereocenters. The zero-order chi connectivity index (χ0) is 17.8. The second-order valence-electron chi connectivity index (χ2n) is 6.10. The van der Waals surface area contributed by atoms with Crippen LogP contribution < -0.4 is 5.32 Å². The van der Waals surface area contributed by atoms with E-state index in [9.17, 15) is 10.1 Å². The summed E-state index contributed by atoms with van der Waals surface area (Å²) in [6.45, 7) is 2.00. The van der Waals surface area contributed by atoms with E-state index in [-0.39, 0.29) is 11.9 Å². The summed E-state index contributed by atoms with van der Waals surface area (Å²) in [5.41, 5.74) is 3.53. The van der Waals surface area contributed by atoms with Gasteiger partial charge in [0, 0.05) is 13.1 Å². The molecule has 0 saturated heterocycles. The minimum absolute atomic E-state index is 0.0386. The Balaban J connectivity index is 1.68. The van der Waals surface area contributed by atoms with Crippen molar-refractivity contribution in [1.82, 2.24) is 9.55 Å². The molecule has 0 bridgehead atoms. The largest absolute Gasteiger partial charge is 0.406 e. The van der Waals surface area contributed by atoms with Crippen LogP contribution >= 0.6 is 0 Å². The standard InChI is InChI=1S/C19H20N4O2/c1-14(21-19-18(23(24)25)20-13-22(19)2)12-15-8-10-17(11-9-15)16-6-4-3-5-7-16/h3-11,13-14,21H,12H2,1-2H3/t14-/m1/s1. The molecular formula is C19H20N4O2. The van der Waals surface area contributed by atoms with Crippen molar-refractivity contribution in [3.63, 3.8) is 0 Å². The summed E-state index contributed by atoms with van der Waals surface area (Å²) in [4.78, 5) is 14.4. The van der Waals surface area contributed by atoms with Gasteiger partial charge >= 0.3 is 5.82 Å². The smallest absolute Gasteiger partial charge is 0.362 e. The molecule has 1 N–H and O–H groups in total. The zero-order valence-corrected chi connectivity index (χ0v) is 14.2. The number of hydrogen-bond donors (Lipinski definition) is 1. The van der Waals surface area contributed by atoms with Gasteiger partial charge in [0.2, 0.25) is 12.1 Å². The Morgan fingerprint density at radius 3 is 2.40 bits per heavy atom. The van der Waals surface area contributed by atoms with Crippen LogP contribution in [0.1, 0.15) is 12.5 Å². The molecule has 1 atom stereocenters. The van der Waals surface area contributed by atoms with Gasteiger partial charge in [0.05, 0.1) is 0 Å². The highest BCUT2D eigenvalue weighted by molar-refractivity contribution is 5.63. The van der Waals surface area contributed by atoms with Crippen LogP contribution in [0.5, 0.6) is 0 Å². The lowest BCUT2D eigenvalue weighted by Crippen LogP contribution is -2.20. The number of anilines is 1. The summed E-state index contributed by atoms with van der Waals surface area (Å²) < 4.78 is 1.63. The maximum Gasteiger partial charge on any atom is 0.406 e. The summed E-state index contributed by atoms with van der Waals surface area (Å²) >= 11 is 0. The molecule has 0 amide bonds. The fraction of sp³-hybridized carbons (Fsp3) is 0.211. The van der Waals surface area contributed by atoms with Gasteiger partial charge in [0.25, 0.3) is 0 Å². The third kappa shape index (κ3) is 3.85. The minimum atomic E-state index is -0.469. The third-order valence-corrected chi connectivity index (χ3v) is 4.08. The van der Waals surface area contributed by atoms with E-state index in [1.807, 2.05) is 25.1 Å². The first kappa shape index (κ1) is 16.7. The van der Waals surface area contributed by atoms with E-state index in [2.05, 4.69) is 46.7 Å². The Hall–Kier alpha value is -3.15. The molecule has 0 radical (unpaired) electrons. The number of aromatic nitrogens is 2. The lowest BCUT2D eigenvalue weighted by Gasteiger charge is -2.15. The molecule has 0 aliphatic rings. The Kier molecular flexibility index (Phi) is 4.79. The van der Waals surface area contributed by atoms with Crippen molar-refractivity contribution in [3.05, 3.63) is 76.6 Å². The summed E-state index contributed by atoms with van der Waals surface area (Å²) in [6, 6.07) is 18.7. The summed E-state index contributed by atoms with van der Waals surface area (Å²) in [5, 5.41) is 14.2. The van der Waals surface area contributed by atoms with E-state index in [1.165, 1.54) is 23.0 Å². The SMILES string of the molecule is C[C@H](Cc1ccc(-c2ccccc2)cc1)Nc1c([N+](=O)[O-])ncn1C. The van der Waals surface area contributed by atoms with Crippen LogP contribution in [0, 0.1) is 10.1 Å². The minimum Gasteiger partial charge on any atom is -0.362 e. The van der Waals surface area contributed by atoms with Gasteiger partial charge in [-0.15, -0.1) is 0 Å². The molecule has 1 aromatic heterocycles. The van der Waals surface area contributed by atoms with Crippen LogP contribution in [0.2, 0.25) is 0 Å².